The molecule has 120 valence electrons. The van der Waals surface area contributed by atoms with Crippen molar-refractivity contribution in [3.05, 3.63) is 18.0 Å². The third-order valence-electron chi connectivity index (χ3n) is 4.46. The van der Waals surface area contributed by atoms with Gasteiger partial charge < -0.3 is 10.1 Å². The number of ether oxygens (including phenoxy) is 1. The lowest BCUT2D eigenvalue weighted by atomic mass is 9.98. The fourth-order valence-electron chi connectivity index (χ4n) is 2.89. The van der Waals surface area contributed by atoms with Gasteiger partial charge in [0.2, 0.25) is 0 Å². The van der Waals surface area contributed by atoms with Crippen molar-refractivity contribution in [3.8, 4) is 0 Å². The minimum Gasteiger partial charge on any atom is -0.377 e. The average Bonchev–Trinajstić information content (AvgIpc) is 3.00. The highest BCUT2D eigenvalue weighted by atomic mass is 16.5. The summed E-state index contributed by atoms with van der Waals surface area (Å²) < 4.78 is 8.08. The first-order chi connectivity index (χ1) is 10.2. The Morgan fingerprint density at radius 2 is 2.29 bits per heavy atom. The van der Waals surface area contributed by atoms with Gasteiger partial charge in [0.1, 0.15) is 0 Å². The lowest BCUT2D eigenvalue weighted by Gasteiger charge is -2.31. The van der Waals surface area contributed by atoms with E-state index in [1.807, 2.05) is 0 Å². The third kappa shape index (κ3) is 4.82. The minimum atomic E-state index is 0.346. The molecular formula is C17H31N3O. The van der Waals surface area contributed by atoms with Crippen molar-refractivity contribution in [2.45, 2.75) is 77.5 Å². The van der Waals surface area contributed by atoms with Gasteiger partial charge in [-0.05, 0) is 51.6 Å². The molecule has 1 fully saturated rings. The molecule has 0 amide bonds. The molecule has 4 heteroatoms. The van der Waals surface area contributed by atoms with Gasteiger partial charge in [0, 0.05) is 31.3 Å². The van der Waals surface area contributed by atoms with E-state index in [0.29, 0.717) is 18.2 Å². The molecule has 1 saturated heterocycles. The molecule has 1 N–H and O–H groups in total. The molecule has 21 heavy (non-hydrogen) atoms. The SMILES string of the molecule is CCCNC(Cc1ccn(C(C)CC)n1)C1CCCCO1. The van der Waals surface area contributed by atoms with Gasteiger partial charge in [-0.15, -0.1) is 0 Å². The Balaban J connectivity index is 1.98. The Morgan fingerprint density at radius 3 is 2.95 bits per heavy atom. The fraction of sp³-hybridized carbons (Fsp3) is 0.824. The molecule has 3 unspecified atom stereocenters. The van der Waals surface area contributed by atoms with Crippen molar-refractivity contribution in [3.63, 3.8) is 0 Å². The average molecular weight is 293 g/mol. The van der Waals surface area contributed by atoms with Crippen LogP contribution < -0.4 is 5.32 Å². The van der Waals surface area contributed by atoms with Gasteiger partial charge >= 0.3 is 0 Å². The zero-order valence-electron chi connectivity index (χ0n) is 13.8. The summed E-state index contributed by atoms with van der Waals surface area (Å²) in [7, 11) is 0. The van der Waals surface area contributed by atoms with Crippen LogP contribution in [0, 0.1) is 0 Å². The largest absolute Gasteiger partial charge is 0.377 e. The maximum Gasteiger partial charge on any atom is 0.0731 e. The summed E-state index contributed by atoms with van der Waals surface area (Å²) in [6.45, 7) is 8.59. The summed E-state index contributed by atoms with van der Waals surface area (Å²) in [4.78, 5) is 0. The summed E-state index contributed by atoms with van der Waals surface area (Å²) >= 11 is 0. The molecule has 2 rings (SSSR count). The summed E-state index contributed by atoms with van der Waals surface area (Å²) in [6, 6.07) is 3.03. The van der Waals surface area contributed by atoms with E-state index in [1.165, 1.54) is 25.0 Å². The maximum atomic E-state index is 5.99. The van der Waals surface area contributed by atoms with E-state index in [9.17, 15) is 0 Å². The first kappa shape index (κ1) is 16.5. The highest BCUT2D eigenvalue weighted by molar-refractivity contribution is 5.03. The van der Waals surface area contributed by atoms with E-state index >= 15 is 0 Å². The van der Waals surface area contributed by atoms with Crippen molar-refractivity contribution in [2.24, 2.45) is 0 Å². The molecular weight excluding hydrogens is 262 g/mol. The molecule has 1 aliphatic heterocycles. The number of hydrogen-bond acceptors (Lipinski definition) is 3. The summed E-state index contributed by atoms with van der Waals surface area (Å²) in [5, 5.41) is 8.41. The first-order valence-corrected chi connectivity index (χ1v) is 8.63. The molecule has 0 radical (unpaired) electrons. The summed E-state index contributed by atoms with van der Waals surface area (Å²) in [5.41, 5.74) is 1.18. The van der Waals surface area contributed by atoms with Gasteiger partial charge in [-0.1, -0.05) is 13.8 Å². The third-order valence-corrected chi connectivity index (χ3v) is 4.46. The number of nitrogens with one attached hydrogen (secondary N) is 1. The lowest BCUT2D eigenvalue weighted by molar-refractivity contribution is -0.00759. The van der Waals surface area contributed by atoms with Crippen LogP contribution in [0.5, 0.6) is 0 Å². The molecule has 0 saturated carbocycles. The molecule has 0 aromatic carbocycles. The number of nitrogens with zero attached hydrogens (tertiary/aromatic N) is 2. The monoisotopic (exact) mass is 293 g/mol. The topological polar surface area (TPSA) is 39.1 Å². The predicted molar refractivity (Wildman–Crippen MR) is 86.6 cm³/mol. The molecule has 1 aromatic heterocycles. The van der Waals surface area contributed by atoms with Crippen LogP contribution >= 0.6 is 0 Å². The van der Waals surface area contributed by atoms with E-state index < -0.39 is 0 Å². The first-order valence-electron chi connectivity index (χ1n) is 8.63. The normalized spacial score (nSPS) is 22.1. The Kier molecular flexibility index (Phi) is 6.71. The molecule has 0 spiro atoms. The van der Waals surface area contributed by atoms with E-state index in [1.54, 1.807) is 0 Å². The van der Waals surface area contributed by atoms with E-state index in [-0.39, 0.29) is 0 Å². The van der Waals surface area contributed by atoms with Gasteiger partial charge in [0.25, 0.3) is 0 Å². The van der Waals surface area contributed by atoms with Crippen molar-refractivity contribution < 1.29 is 4.74 Å². The predicted octanol–water partition coefficient (Wildman–Crippen LogP) is 3.33. The Bertz CT molecular complexity index is 398. The van der Waals surface area contributed by atoms with Crippen LogP contribution in [0.25, 0.3) is 0 Å². The maximum absolute atomic E-state index is 5.99. The van der Waals surface area contributed by atoms with Crippen molar-refractivity contribution in [1.29, 1.82) is 0 Å². The highest BCUT2D eigenvalue weighted by Gasteiger charge is 2.25. The van der Waals surface area contributed by atoms with Crippen LogP contribution in [-0.4, -0.2) is 35.1 Å². The van der Waals surface area contributed by atoms with Crippen molar-refractivity contribution in [2.75, 3.05) is 13.2 Å². The zero-order valence-corrected chi connectivity index (χ0v) is 13.8. The second-order valence-corrected chi connectivity index (χ2v) is 6.21. The van der Waals surface area contributed by atoms with Gasteiger partial charge in [-0.25, -0.2) is 0 Å². The summed E-state index contributed by atoms with van der Waals surface area (Å²) in [6.07, 6.45) is 9.37. The van der Waals surface area contributed by atoms with E-state index in [0.717, 1.165) is 32.4 Å². The Morgan fingerprint density at radius 1 is 1.43 bits per heavy atom. The van der Waals surface area contributed by atoms with Gasteiger partial charge in [0.15, 0.2) is 0 Å². The number of rotatable bonds is 8. The van der Waals surface area contributed by atoms with Crippen LogP contribution in [0.1, 0.15) is 64.6 Å². The smallest absolute Gasteiger partial charge is 0.0731 e. The highest BCUT2D eigenvalue weighted by Crippen LogP contribution is 2.19. The van der Waals surface area contributed by atoms with Gasteiger partial charge in [-0.2, -0.15) is 5.10 Å². The fourth-order valence-corrected chi connectivity index (χ4v) is 2.89. The van der Waals surface area contributed by atoms with Crippen LogP contribution in [0.3, 0.4) is 0 Å². The molecule has 3 atom stereocenters. The Labute approximate surface area is 129 Å². The van der Waals surface area contributed by atoms with E-state index in [2.05, 4.69) is 43.0 Å². The van der Waals surface area contributed by atoms with Crippen LogP contribution in [0.15, 0.2) is 12.3 Å². The van der Waals surface area contributed by atoms with Crippen LogP contribution in [0.2, 0.25) is 0 Å². The number of hydrogen-bond donors (Lipinski definition) is 1. The molecule has 0 bridgehead atoms. The van der Waals surface area contributed by atoms with Gasteiger partial charge in [-0.3, -0.25) is 4.68 Å². The molecule has 1 aromatic rings. The minimum absolute atomic E-state index is 0.346. The second kappa shape index (κ2) is 8.54. The molecule has 2 heterocycles. The van der Waals surface area contributed by atoms with Crippen LogP contribution in [0.4, 0.5) is 0 Å². The van der Waals surface area contributed by atoms with Crippen LogP contribution in [-0.2, 0) is 11.2 Å². The van der Waals surface area contributed by atoms with Crippen molar-refractivity contribution in [1.82, 2.24) is 15.1 Å². The standard InChI is InChI=1S/C17H31N3O/c1-4-10-18-16(17-8-6-7-12-21-17)13-15-9-11-20(19-15)14(3)5-2/h9,11,14,16-18H,4-8,10,12-13H2,1-3H3. The molecule has 0 aliphatic carbocycles. The Hall–Kier alpha value is -0.870. The van der Waals surface area contributed by atoms with E-state index in [4.69, 9.17) is 9.84 Å². The molecule has 4 nitrogen and oxygen atoms in total. The summed E-state index contributed by atoms with van der Waals surface area (Å²) in [5.74, 6) is 0. The number of aromatic nitrogens is 2. The van der Waals surface area contributed by atoms with Gasteiger partial charge in [0.05, 0.1) is 11.8 Å². The second-order valence-electron chi connectivity index (χ2n) is 6.21. The molecule has 1 aliphatic rings. The quantitative estimate of drug-likeness (QED) is 0.799. The lowest BCUT2D eigenvalue weighted by Crippen LogP contribution is -2.44. The zero-order chi connectivity index (χ0) is 15.1. The van der Waals surface area contributed by atoms with Crippen molar-refractivity contribution >= 4 is 0 Å².